The molecule has 29 heavy (non-hydrogen) atoms. The van der Waals surface area contributed by atoms with E-state index in [2.05, 4.69) is 22.0 Å². The lowest BCUT2D eigenvalue weighted by atomic mass is 9.84. The molecular formula is C22H33ClN4O2. The Hall–Kier alpha value is -1.50. The van der Waals surface area contributed by atoms with E-state index < -0.39 is 0 Å². The molecule has 1 aromatic carbocycles. The van der Waals surface area contributed by atoms with Crippen molar-refractivity contribution in [2.24, 2.45) is 11.8 Å². The number of urea groups is 1. The van der Waals surface area contributed by atoms with Crippen LogP contribution in [0.25, 0.3) is 0 Å². The van der Waals surface area contributed by atoms with Gasteiger partial charge in [0.05, 0.1) is 11.4 Å². The van der Waals surface area contributed by atoms with Crippen molar-refractivity contribution in [3.8, 4) is 0 Å². The lowest BCUT2D eigenvalue weighted by molar-refractivity contribution is 0.136. The van der Waals surface area contributed by atoms with Crippen LogP contribution < -0.4 is 10.2 Å². The Morgan fingerprint density at radius 1 is 1.10 bits per heavy atom. The zero-order chi connectivity index (χ0) is 20.2. The van der Waals surface area contributed by atoms with Crippen LogP contribution in [0.1, 0.15) is 26.2 Å². The van der Waals surface area contributed by atoms with Gasteiger partial charge in [0.2, 0.25) is 0 Å². The summed E-state index contributed by atoms with van der Waals surface area (Å²) in [7, 11) is 0. The average Bonchev–Trinajstić information content (AvgIpc) is 3.29. The average molecular weight is 421 g/mol. The molecule has 0 radical (unpaired) electrons. The first-order chi connectivity index (χ1) is 14.1. The van der Waals surface area contributed by atoms with Crippen molar-refractivity contribution in [1.29, 1.82) is 0 Å². The summed E-state index contributed by atoms with van der Waals surface area (Å²) in [5.41, 5.74) is 1.88. The summed E-state index contributed by atoms with van der Waals surface area (Å²) in [5.74, 6) is 1.37. The number of hydrogen-bond acceptors (Lipinski definition) is 4. The molecule has 160 valence electrons. The Bertz CT molecular complexity index is 694. The first-order valence-electron chi connectivity index (χ1n) is 11.0. The van der Waals surface area contributed by atoms with Crippen LogP contribution in [0.2, 0.25) is 5.02 Å². The summed E-state index contributed by atoms with van der Waals surface area (Å²) < 4.78 is 5.55. The van der Waals surface area contributed by atoms with E-state index in [4.69, 9.17) is 16.3 Å². The second-order valence-electron chi connectivity index (χ2n) is 8.46. The highest BCUT2D eigenvalue weighted by Crippen LogP contribution is 2.33. The molecule has 1 atom stereocenters. The largest absolute Gasteiger partial charge is 0.381 e. The summed E-state index contributed by atoms with van der Waals surface area (Å²) in [5, 5.41) is 3.80. The Kier molecular flexibility index (Phi) is 6.83. The molecule has 0 aliphatic carbocycles. The van der Waals surface area contributed by atoms with Crippen molar-refractivity contribution >= 4 is 29.0 Å². The molecule has 3 aliphatic heterocycles. The van der Waals surface area contributed by atoms with E-state index in [0.717, 1.165) is 83.2 Å². The van der Waals surface area contributed by atoms with Gasteiger partial charge in [-0.2, -0.15) is 0 Å². The highest BCUT2D eigenvalue weighted by Gasteiger charge is 2.31. The summed E-state index contributed by atoms with van der Waals surface area (Å²) in [4.78, 5) is 19.7. The molecule has 1 N–H and O–H groups in total. The van der Waals surface area contributed by atoms with E-state index in [0.29, 0.717) is 16.9 Å². The monoisotopic (exact) mass is 420 g/mol. The van der Waals surface area contributed by atoms with E-state index in [9.17, 15) is 4.79 Å². The number of likely N-dealkylation sites (N-methyl/N-ethyl adjacent to an activating group) is 1. The predicted molar refractivity (Wildman–Crippen MR) is 118 cm³/mol. The Morgan fingerprint density at radius 2 is 1.86 bits per heavy atom. The molecule has 7 heteroatoms. The number of piperidine rings is 1. The third-order valence-corrected chi connectivity index (χ3v) is 7.05. The van der Waals surface area contributed by atoms with Crippen LogP contribution >= 0.6 is 11.6 Å². The van der Waals surface area contributed by atoms with Crippen LogP contribution in [-0.4, -0.2) is 74.9 Å². The van der Waals surface area contributed by atoms with E-state index in [1.165, 1.54) is 6.42 Å². The molecule has 0 bridgehead atoms. The number of ether oxygens (including phenoxy) is 1. The van der Waals surface area contributed by atoms with Gasteiger partial charge < -0.3 is 24.8 Å². The summed E-state index contributed by atoms with van der Waals surface area (Å²) in [6.45, 7) is 10.7. The topological polar surface area (TPSA) is 48.0 Å². The molecule has 3 heterocycles. The molecular weight excluding hydrogens is 388 g/mol. The number of halogens is 1. The van der Waals surface area contributed by atoms with E-state index >= 15 is 0 Å². The van der Waals surface area contributed by atoms with Crippen LogP contribution in [0.4, 0.5) is 16.2 Å². The van der Waals surface area contributed by atoms with Crippen LogP contribution in [-0.2, 0) is 4.74 Å². The van der Waals surface area contributed by atoms with E-state index in [1.807, 2.05) is 23.1 Å². The Balaban J connectivity index is 1.37. The van der Waals surface area contributed by atoms with Crippen molar-refractivity contribution in [2.45, 2.75) is 26.2 Å². The maximum absolute atomic E-state index is 13.0. The number of amides is 2. The lowest BCUT2D eigenvalue weighted by Crippen LogP contribution is -2.46. The fourth-order valence-electron chi connectivity index (χ4n) is 4.88. The number of benzene rings is 1. The molecule has 2 amide bonds. The lowest BCUT2D eigenvalue weighted by Gasteiger charge is -2.37. The maximum Gasteiger partial charge on any atom is 0.321 e. The van der Waals surface area contributed by atoms with Gasteiger partial charge in [-0.3, -0.25) is 0 Å². The molecule has 3 aliphatic rings. The number of anilines is 2. The number of carbonyl (C=O) groups is 1. The maximum atomic E-state index is 13.0. The second kappa shape index (κ2) is 9.54. The van der Waals surface area contributed by atoms with Gasteiger partial charge >= 0.3 is 6.03 Å². The number of carbonyl (C=O) groups excluding carboxylic acids is 1. The minimum Gasteiger partial charge on any atom is -0.381 e. The van der Waals surface area contributed by atoms with Gasteiger partial charge in [-0.1, -0.05) is 18.5 Å². The van der Waals surface area contributed by atoms with Crippen LogP contribution in [0.5, 0.6) is 0 Å². The fraction of sp³-hybridized carbons (Fsp3) is 0.682. The van der Waals surface area contributed by atoms with Crippen molar-refractivity contribution in [1.82, 2.24) is 9.80 Å². The second-order valence-corrected chi connectivity index (χ2v) is 8.90. The molecule has 0 saturated carbocycles. The van der Waals surface area contributed by atoms with Crippen LogP contribution in [0.3, 0.4) is 0 Å². The molecule has 6 nitrogen and oxygen atoms in total. The van der Waals surface area contributed by atoms with Gasteiger partial charge in [0, 0.05) is 57.5 Å². The zero-order valence-electron chi connectivity index (χ0n) is 17.4. The number of rotatable bonds is 4. The zero-order valence-corrected chi connectivity index (χ0v) is 18.2. The van der Waals surface area contributed by atoms with Gasteiger partial charge in [0.15, 0.2) is 0 Å². The van der Waals surface area contributed by atoms with Gasteiger partial charge in [-0.15, -0.1) is 0 Å². The third kappa shape index (κ3) is 4.98. The molecule has 3 saturated heterocycles. The number of hydrogen-bond donors (Lipinski definition) is 1. The number of piperazine rings is 1. The van der Waals surface area contributed by atoms with Gasteiger partial charge in [0.25, 0.3) is 0 Å². The first kappa shape index (κ1) is 20.8. The molecule has 1 aromatic rings. The summed E-state index contributed by atoms with van der Waals surface area (Å²) in [6, 6.07) is 5.81. The van der Waals surface area contributed by atoms with Gasteiger partial charge in [0.1, 0.15) is 0 Å². The SMILES string of the molecule is CCN1CCN(c2ccc(Cl)cc2NC(=O)N2CCC(C3CCOC3)CC2)CC1. The van der Waals surface area contributed by atoms with E-state index in [-0.39, 0.29) is 6.03 Å². The number of nitrogens with zero attached hydrogens (tertiary/aromatic N) is 3. The van der Waals surface area contributed by atoms with Crippen molar-refractivity contribution in [3.05, 3.63) is 23.2 Å². The van der Waals surface area contributed by atoms with E-state index in [1.54, 1.807) is 0 Å². The molecule has 1 unspecified atom stereocenters. The molecule has 0 aromatic heterocycles. The number of likely N-dealkylation sites (tertiary alicyclic amines) is 1. The minimum absolute atomic E-state index is 0.0122. The smallest absolute Gasteiger partial charge is 0.321 e. The standard InChI is InChI=1S/C22H33ClN4O2/c1-2-25-10-12-26(13-11-25)21-4-3-19(23)15-20(21)24-22(28)27-8-5-17(6-9-27)18-7-14-29-16-18/h3-4,15,17-18H,2,5-14,16H2,1H3,(H,24,28). The molecule has 3 fully saturated rings. The van der Waals surface area contributed by atoms with Crippen LogP contribution in [0.15, 0.2) is 18.2 Å². The predicted octanol–water partition coefficient (Wildman–Crippen LogP) is 3.76. The fourth-order valence-corrected chi connectivity index (χ4v) is 5.05. The van der Waals surface area contributed by atoms with Crippen LogP contribution in [0, 0.1) is 11.8 Å². The van der Waals surface area contributed by atoms with Crippen molar-refractivity contribution in [3.63, 3.8) is 0 Å². The minimum atomic E-state index is -0.0122. The third-order valence-electron chi connectivity index (χ3n) is 6.82. The summed E-state index contributed by atoms with van der Waals surface area (Å²) in [6.07, 6.45) is 3.32. The summed E-state index contributed by atoms with van der Waals surface area (Å²) >= 11 is 6.26. The van der Waals surface area contributed by atoms with Gasteiger partial charge in [-0.25, -0.2) is 4.79 Å². The Labute approximate surface area is 179 Å². The molecule has 4 rings (SSSR count). The Morgan fingerprint density at radius 3 is 2.52 bits per heavy atom. The highest BCUT2D eigenvalue weighted by molar-refractivity contribution is 6.31. The van der Waals surface area contributed by atoms with Gasteiger partial charge in [-0.05, 0) is 55.8 Å². The number of nitrogens with one attached hydrogen (secondary N) is 1. The van der Waals surface area contributed by atoms with Crippen molar-refractivity contribution in [2.75, 3.05) is 69.2 Å². The highest BCUT2D eigenvalue weighted by atomic mass is 35.5. The molecule has 0 spiro atoms. The van der Waals surface area contributed by atoms with Crippen molar-refractivity contribution < 1.29 is 9.53 Å². The quantitative estimate of drug-likeness (QED) is 0.805. The first-order valence-corrected chi connectivity index (χ1v) is 11.4. The normalized spacial score (nSPS) is 24.1.